The fourth-order valence-corrected chi connectivity index (χ4v) is 4.03. The topological polar surface area (TPSA) is 0 Å². The van der Waals surface area contributed by atoms with Crippen LogP contribution in [0.2, 0.25) is 0 Å². The Hall–Kier alpha value is -2.34. The number of hydrogen-bond donors (Lipinski definition) is 0. The third-order valence-electron chi connectivity index (χ3n) is 5.41. The van der Waals surface area contributed by atoms with Crippen molar-refractivity contribution >= 4 is 0 Å². The van der Waals surface area contributed by atoms with Crippen molar-refractivity contribution in [1.29, 1.82) is 0 Å². The van der Waals surface area contributed by atoms with E-state index < -0.39 is 0 Å². The Morgan fingerprint density at radius 3 is 1.92 bits per heavy atom. The summed E-state index contributed by atoms with van der Waals surface area (Å²) in [5.41, 5.74) is 5.86. The quantitative estimate of drug-likeness (QED) is 0.558. The Morgan fingerprint density at radius 1 is 0.792 bits per heavy atom. The van der Waals surface area contributed by atoms with Crippen LogP contribution in [0.15, 0.2) is 84.9 Å². The van der Waals surface area contributed by atoms with Gasteiger partial charge in [0.2, 0.25) is 0 Å². The number of rotatable bonds is 5. The predicted molar refractivity (Wildman–Crippen MR) is 101 cm³/mol. The van der Waals surface area contributed by atoms with E-state index in [-0.39, 0.29) is 5.41 Å². The van der Waals surface area contributed by atoms with Crippen LogP contribution in [-0.4, -0.2) is 0 Å². The molecule has 1 fully saturated rings. The molecule has 24 heavy (non-hydrogen) atoms. The SMILES string of the molecule is CCc1ccccc1[CH]C1CC1(c1ccccc1)c1ccccc1. The van der Waals surface area contributed by atoms with E-state index in [9.17, 15) is 0 Å². The molecule has 3 aromatic rings. The summed E-state index contributed by atoms with van der Waals surface area (Å²) < 4.78 is 0. The van der Waals surface area contributed by atoms with Gasteiger partial charge in [0.15, 0.2) is 0 Å². The summed E-state index contributed by atoms with van der Waals surface area (Å²) in [7, 11) is 0. The number of aryl methyl sites for hydroxylation is 1. The van der Waals surface area contributed by atoms with Gasteiger partial charge in [0.1, 0.15) is 0 Å². The molecule has 0 saturated heterocycles. The second-order valence-electron chi connectivity index (χ2n) is 6.73. The van der Waals surface area contributed by atoms with E-state index in [1.165, 1.54) is 28.7 Å². The molecule has 1 unspecified atom stereocenters. The van der Waals surface area contributed by atoms with Gasteiger partial charge in [0.25, 0.3) is 0 Å². The van der Waals surface area contributed by atoms with E-state index in [1.54, 1.807) is 0 Å². The minimum atomic E-state index is 0.142. The van der Waals surface area contributed by atoms with E-state index >= 15 is 0 Å². The molecule has 0 heterocycles. The maximum absolute atomic E-state index is 2.50. The second-order valence-corrected chi connectivity index (χ2v) is 6.73. The molecule has 0 spiro atoms. The zero-order valence-corrected chi connectivity index (χ0v) is 14.2. The summed E-state index contributed by atoms with van der Waals surface area (Å²) in [6.45, 7) is 2.24. The zero-order chi connectivity index (χ0) is 16.4. The summed E-state index contributed by atoms with van der Waals surface area (Å²) in [5, 5.41) is 0. The van der Waals surface area contributed by atoms with E-state index in [1.807, 2.05) is 0 Å². The molecule has 1 atom stereocenters. The van der Waals surface area contributed by atoms with Crippen molar-refractivity contribution in [2.45, 2.75) is 25.2 Å². The van der Waals surface area contributed by atoms with E-state index in [2.05, 4.69) is 98.3 Å². The van der Waals surface area contributed by atoms with Gasteiger partial charge in [-0.05, 0) is 47.4 Å². The van der Waals surface area contributed by atoms with Crippen LogP contribution >= 0.6 is 0 Å². The number of hydrogen-bond acceptors (Lipinski definition) is 0. The Morgan fingerprint density at radius 2 is 1.33 bits per heavy atom. The molecule has 0 amide bonds. The first-order valence-electron chi connectivity index (χ1n) is 8.88. The summed E-state index contributed by atoms with van der Waals surface area (Å²) in [6.07, 6.45) is 4.78. The molecular weight excluding hydrogens is 288 g/mol. The Labute approximate surface area is 145 Å². The van der Waals surface area contributed by atoms with Gasteiger partial charge in [0.05, 0.1) is 0 Å². The van der Waals surface area contributed by atoms with Gasteiger partial charge in [-0.2, -0.15) is 0 Å². The molecule has 1 saturated carbocycles. The van der Waals surface area contributed by atoms with Gasteiger partial charge in [0, 0.05) is 5.41 Å². The van der Waals surface area contributed by atoms with Gasteiger partial charge in [-0.1, -0.05) is 91.9 Å². The van der Waals surface area contributed by atoms with Gasteiger partial charge in [-0.3, -0.25) is 0 Å². The third kappa shape index (κ3) is 2.57. The minimum absolute atomic E-state index is 0.142. The van der Waals surface area contributed by atoms with Crippen molar-refractivity contribution in [3.63, 3.8) is 0 Å². The molecule has 1 radical (unpaired) electrons. The average Bonchev–Trinajstić information content (AvgIpc) is 3.39. The first-order chi connectivity index (χ1) is 11.8. The summed E-state index contributed by atoms with van der Waals surface area (Å²) >= 11 is 0. The summed E-state index contributed by atoms with van der Waals surface area (Å²) in [5.74, 6) is 0.565. The molecule has 0 aliphatic heterocycles. The monoisotopic (exact) mass is 311 g/mol. The molecular formula is C24H23. The Bertz CT molecular complexity index is 762. The van der Waals surface area contributed by atoms with Crippen LogP contribution in [0.25, 0.3) is 0 Å². The molecule has 0 aromatic heterocycles. The van der Waals surface area contributed by atoms with Crippen LogP contribution < -0.4 is 0 Å². The highest BCUT2D eigenvalue weighted by Crippen LogP contribution is 2.60. The third-order valence-corrected chi connectivity index (χ3v) is 5.41. The molecule has 3 aromatic carbocycles. The molecule has 1 aliphatic carbocycles. The lowest BCUT2D eigenvalue weighted by molar-refractivity contribution is 0.767. The highest BCUT2D eigenvalue weighted by Gasteiger charge is 2.56. The predicted octanol–water partition coefficient (Wildman–Crippen LogP) is 5.81. The van der Waals surface area contributed by atoms with Crippen molar-refractivity contribution < 1.29 is 0 Å². The van der Waals surface area contributed by atoms with Crippen LogP contribution in [0.5, 0.6) is 0 Å². The average molecular weight is 311 g/mol. The highest BCUT2D eigenvalue weighted by atomic mass is 14.6. The minimum Gasteiger partial charge on any atom is -0.0622 e. The van der Waals surface area contributed by atoms with E-state index in [0.29, 0.717) is 5.92 Å². The number of benzene rings is 3. The van der Waals surface area contributed by atoms with Gasteiger partial charge in [-0.15, -0.1) is 0 Å². The first kappa shape index (κ1) is 15.2. The first-order valence-corrected chi connectivity index (χ1v) is 8.88. The van der Waals surface area contributed by atoms with Crippen LogP contribution in [0.1, 0.15) is 35.6 Å². The molecule has 0 heteroatoms. The zero-order valence-electron chi connectivity index (χ0n) is 14.2. The Kier molecular flexibility index (Phi) is 3.98. The van der Waals surface area contributed by atoms with Crippen molar-refractivity contribution in [3.8, 4) is 0 Å². The Balaban J connectivity index is 1.70. The van der Waals surface area contributed by atoms with Gasteiger partial charge >= 0.3 is 0 Å². The standard InChI is InChI=1S/C24H23/c1-2-19-11-9-10-12-20(19)17-23-18-24(23,21-13-5-3-6-14-21)22-15-7-4-8-16-22/h3-17,23H,2,18H2,1H3. The molecule has 0 nitrogen and oxygen atoms in total. The van der Waals surface area contributed by atoms with Crippen LogP contribution in [0.3, 0.4) is 0 Å². The van der Waals surface area contributed by atoms with Crippen LogP contribution in [-0.2, 0) is 11.8 Å². The lowest BCUT2D eigenvalue weighted by Crippen LogP contribution is -2.13. The molecule has 4 rings (SSSR count). The highest BCUT2D eigenvalue weighted by molar-refractivity contribution is 5.51. The van der Waals surface area contributed by atoms with Gasteiger partial charge < -0.3 is 0 Å². The molecule has 0 N–H and O–H groups in total. The normalized spacial score (nSPS) is 18.3. The van der Waals surface area contributed by atoms with E-state index in [0.717, 1.165) is 6.42 Å². The molecule has 0 bridgehead atoms. The fraction of sp³-hybridized carbons (Fsp3) is 0.208. The molecule has 1 aliphatic rings. The summed E-state index contributed by atoms with van der Waals surface area (Å²) in [6, 6.07) is 30.8. The van der Waals surface area contributed by atoms with Crippen molar-refractivity contribution in [1.82, 2.24) is 0 Å². The maximum Gasteiger partial charge on any atom is 0.0240 e. The largest absolute Gasteiger partial charge is 0.0622 e. The summed E-state index contributed by atoms with van der Waals surface area (Å²) in [4.78, 5) is 0. The van der Waals surface area contributed by atoms with Crippen molar-refractivity contribution in [3.05, 3.63) is 114 Å². The van der Waals surface area contributed by atoms with Crippen LogP contribution in [0, 0.1) is 12.3 Å². The van der Waals surface area contributed by atoms with Crippen molar-refractivity contribution in [2.24, 2.45) is 5.92 Å². The second kappa shape index (κ2) is 6.28. The smallest absolute Gasteiger partial charge is 0.0240 e. The van der Waals surface area contributed by atoms with E-state index in [4.69, 9.17) is 0 Å². The molecule has 119 valence electrons. The maximum atomic E-state index is 2.50. The fourth-order valence-electron chi connectivity index (χ4n) is 4.03. The lowest BCUT2D eigenvalue weighted by Gasteiger charge is -2.19. The van der Waals surface area contributed by atoms with Crippen LogP contribution in [0.4, 0.5) is 0 Å². The van der Waals surface area contributed by atoms with Gasteiger partial charge in [-0.25, -0.2) is 0 Å². The lowest BCUT2D eigenvalue weighted by atomic mass is 9.84. The van der Waals surface area contributed by atoms with Crippen molar-refractivity contribution in [2.75, 3.05) is 0 Å².